The SMILES string of the molecule is CC#CC#Cc1ccc(-c2ccc(-c3ccc(C4CCC(CCCCC)CC4)cc3)cc2F)cc1.CCCCC1CCC(c2ccc(-c3ccc(-c4ccc(CCC)cc4)c(F)c3)cc2)CC1.CCCCCC1CCC(c2ccc(-c3ccc(-c4ccc(CCC)cc4)c(F)c3)cc2)CC1.CCCc1ccc(-c2ccc(-c3ccc(C4CCC(CCC)CC4)cc3)cc2F)cc1.[HH]. The zero-order valence-electron chi connectivity index (χ0n) is 80.3. The highest BCUT2D eigenvalue weighted by Crippen LogP contribution is 2.45. The molecule has 0 radical (unpaired) electrons. The summed E-state index contributed by atoms with van der Waals surface area (Å²) < 4.78 is 59.9. The third-order valence-corrected chi connectivity index (χ3v) is 29.2. The maximum atomic E-state index is 15.0. The van der Waals surface area contributed by atoms with E-state index in [4.69, 9.17) is 0 Å². The molecule has 4 aliphatic carbocycles. The van der Waals surface area contributed by atoms with Crippen molar-refractivity contribution >= 4 is 0 Å². The molecular formula is C127H148F4. The Morgan fingerprint density at radius 2 is 0.466 bits per heavy atom. The monoisotopic (exact) mass is 1750 g/mol. The van der Waals surface area contributed by atoms with E-state index >= 15 is 4.39 Å². The molecule has 16 rings (SSSR count). The van der Waals surface area contributed by atoms with Gasteiger partial charge < -0.3 is 0 Å². The van der Waals surface area contributed by atoms with Crippen molar-refractivity contribution in [2.75, 3.05) is 0 Å². The number of unbranched alkanes of at least 4 members (excludes halogenated alkanes) is 5. The average molecular weight is 1750 g/mol. The molecule has 0 amide bonds. The lowest BCUT2D eigenvalue weighted by atomic mass is 9.77. The Hall–Kier alpha value is -10.5. The predicted molar refractivity (Wildman–Crippen MR) is 555 cm³/mol. The molecule has 0 saturated heterocycles. The zero-order chi connectivity index (χ0) is 91.5. The van der Waals surface area contributed by atoms with Gasteiger partial charge in [-0.15, -0.1) is 0 Å². The molecule has 0 bridgehead atoms. The molecule has 4 saturated carbocycles. The molecule has 4 fully saturated rings. The summed E-state index contributed by atoms with van der Waals surface area (Å²) in [6, 6.07) is 90.5. The van der Waals surface area contributed by atoms with Crippen molar-refractivity contribution in [3.8, 4) is 113 Å². The third kappa shape index (κ3) is 28.5. The Labute approximate surface area is 788 Å². The number of hydrogen-bond acceptors (Lipinski definition) is 0. The summed E-state index contributed by atoms with van der Waals surface area (Å²) in [5.74, 6) is 17.1. The van der Waals surface area contributed by atoms with Gasteiger partial charge in [0.05, 0.1) is 0 Å². The van der Waals surface area contributed by atoms with E-state index in [2.05, 4.69) is 212 Å². The normalized spacial score (nSPS) is 18.2. The predicted octanol–water partition coefficient (Wildman–Crippen LogP) is 38.4. The van der Waals surface area contributed by atoms with Gasteiger partial charge in [0, 0.05) is 29.2 Å². The molecule has 4 aliphatic rings. The minimum Gasteiger partial charge on any atom is -0.206 e. The van der Waals surface area contributed by atoms with Crippen LogP contribution in [0.3, 0.4) is 0 Å². The number of hydrogen-bond donors (Lipinski definition) is 0. The van der Waals surface area contributed by atoms with Crippen LogP contribution in [0.5, 0.6) is 0 Å². The fraction of sp³-hybridized carbons (Fsp3) is 0.402. The molecule has 0 aliphatic heterocycles. The maximum absolute atomic E-state index is 15.0. The van der Waals surface area contributed by atoms with E-state index in [0.29, 0.717) is 45.9 Å². The van der Waals surface area contributed by atoms with Crippen LogP contribution in [-0.2, 0) is 19.3 Å². The number of halogens is 4. The van der Waals surface area contributed by atoms with E-state index in [1.165, 1.54) is 225 Å². The minimum atomic E-state index is -0.205. The third-order valence-electron chi connectivity index (χ3n) is 29.2. The number of rotatable bonds is 31. The minimum absolute atomic E-state index is 0. The van der Waals surface area contributed by atoms with Crippen molar-refractivity contribution in [3.05, 3.63) is 335 Å². The molecular weight excluding hydrogens is 1600 g/mol. The lowest BCUT2D eigenvalue weighted by Gasteiger charge is -2.29. The summed E-state index contributed by atoms with van der Waals surface area (Å²) in [5.41, 5.74) is 25.0. The van der Waals surface area contributed by atoms with Gasteiger partial charge in [-0.1, -0.05) is 394 Å². The molecule has 12 aromatic carbocycles. The van der Waals surface area contributed by atoms with Crippen LogP contribution in [0.2, 0.25) is 0 Å². The molecule has 0 aromatic heterocycles. The van der Waals surface area contributed by atoms with E-state index in [1.807, 2.05) is 103 Å². The molecule has 0 unspecified atom stereocenters. The van der Waals surface area contributed by atoms with Gasteiger partial charge in [0.15, 0.2) is 0 Å². The summed E-state index contributed by atoms with van der Waals surface area (Å²) in [4.78, 5) is 0. The van der Waals surface area contributed by atoms with Gasteiger partial charge in [-0.25, -0.2) is 17.6 Å². The molecule has 12 aromatic rings. The van der Waals surface area contributed by atoms with Gasteiger partial charge in [-0.05, 0) is 330 Å². The van der Waals surface area contributed by atoms with Crippen molar-refractivity contribution in [1.82, 2.24) is 0 Å². The van der Waals surface area contributed by atoms with E-state index in [-0.39, 0.29) is 24.7 Å². The quantitative estimate of drug-likeness (QED) is 0.0231. The largest absolute Gasteiger partial charge is 0.206 e. The fourth-order valence-corrected chi connectivity index (χ4v) is 21.2. The van der Waals surface area contributed by atoms with Crippen molar-refractivity contribution in [1.29, 1.82) is 0 Å². The van der Waals surface area contributed by atoms with Crippen LogP contribution in [-0.4, -0.2) is 0 Å². The average Bonchev–Trinajstić information content (AvgIpc) is 0.818. The summed E-state index contributed by atoms with van der Waals surface area (Å²) in [6.45, 7) is 17.5. The first-order valence-electron chi connectivity index (χ1n) is 51.1. The molecule has 0 nitrogen and oxygen atoms in total. The lowest BCUT2D eigenvalue weighted by molar-refractivity contribution is 0.303. The molecule has 0 atom stereocenters. The van der Waals surface area contributed by atoms with E-state index in [0.717, 1.165) is 135 Å². The lowest BCUT2D eigenvalue weighted by Crippen LogP contribution is -2.13. The number of benzene rings is 12. The molecule has 131 heavy (non-hydrogen) atoms. The number of aryl methyl sites for hydroxylation is 3. The second-order valence-electron chi connectivity index (χ2n) is 38.6. The van der Waals surface area contributed by atoms with E-state index in [1.54, 1.807) is 31.2 Å². The summed E-state index contributed by atoms with van der Waals surface area (Å²) in [7, 11) is 0. The van der Waals surface area contributed by atoms with Crippen molar-refractivity contribution < 1.29 is 19.0 Å². The Morgan fingerprint density at radius 1 is 0.229 bits per heavy atom. The Morgan fingerprint density at radius 3 is 0.702 bits per heavy atom. The highest BCUT2D eigenvalue weighted by molar-refractivity contribution is 5.76. The molecule has 0 N–H and O–H groups in total. The highest BCUT2D eigenvalue weighted by atomic mass is 19.1. The van der Waals surface area contributed by atoms with Gasteiger partial charge in [0.25, 0.3) is 0 Å². The Kier molecular flexibility index (Phi) is 38.5. The van der Waals surface area contributed by atoms with Crippen LogP contribution < -0.4 is 0 Å². The van der Waals surface area contributed by atoms with E-state index < -0.39 is 0 Å². The fourth-order valence-electron chi connectivity index (χ4n) is 21.2. The second-order valence-corrected chi connectivity index (χ2v) is 38.6. The highest BCUT2D eigenvalue weighted by Gasteiger charge is 2.27. The van der Waals surface area contributed by atoms with Gasteiger partial charge in [0.1, 0.15) is 23.3 Å². The Bertz CT molecular complexity index is 5550. The Balaban J connectivity index is 0.000000159. The smallest absolute Gasteiger partial charge is 0.131 e. The van der Waals surface area contributed by atoms with Crippen molar-refractivity contribution in [2.45, 2.75) is 304 Å². The zero-order valence-corrected chi connectivity index (χ0v) is 80.3. The summed E-state index contributed by atoms with van der Waals surface area (Å²) in [6.07, 6.45) is 45.8. The summed E-state index contributed by atoms with van der Waals surface area (Å²) >= 11 is 0. The van der Waals surface area contributed by atoms with Crippen molar-refractivity contribution in [3.63, 3.8) is 0 Å². The van der Waals surface area contributed by atoms with Gasteiger partial charge in [0.2, 0.25) is 0 Å². The van der Waals surface area contributed by atoms with Crippen LogP contribution in [0.1, 0.15) is 330 Å². The van der Waals surface area contributed by atoms with Crippen LogP contribution in [0.25, 0.3) is 89.0 Å². The maximum Gasteiger partial charge on any atom is 0.131 e. The second kappa shape index (κ2) is 51.5. The molecule has 0 spiro atoms. The first-order valence-corrected chi connectivity index (χ1v) is 51.1. The van der Waals surface area contributed by atoms with Crippen LogP contribution in [0.15, 0.2) is 267 Å². The first kappa shape index (κ1) is 98.0. The first-order chi connectivity index (χ1) is 64.2. The van der Waals surface area contributed by atoms with Gasteiger partial charge in [-0.3, -0.25) is 0 Å². The standard InChI is InChI=1S/C34H35F.C32H39F.C31H37F.C30H35F.H2/c1-3-5-7-9-26-11-15-28(16-12-26)29-19-21-30(22-20-29)32-23-24-33(34(35)25-32)31-17-13-27(14-18-31)10-8-6-4-2;1-3-5-6-8-25-9-13-26(14-10-25)27-17-19-28(20-18-27)30-21-22-31(32(33)23-30)29-15-11-24(7-4-2)12-16-29;1-3-5-7-24-8-12-25(13-9-24)26-16-18-27(19-17-26)29-20-21-30(31(32)22-29)28-14-10-23(6-4-2)11-15-28;1-3-5-22-7-11-24(12-8-22)25-15-17-26(18-16-25)28-19-20-29(30(31)21-28)27-13-9-23(6-4-2)10-14-27;/h13-14,17-26,28H,3,5,7,9,11-12,15-16H2,1-2H3;11-12,15-23,25-26H,3-10,13-14H2,1-2H3;10-11,14-22,24-25H,3-9,12-13H2,1-2H3;9-10,13-22,24H,3-8,11-12H2,1-2H3;1H. The molecule has 4 heteroatoms. The van der Waals surface area contributed by atoms with Crippen LogP contribution in [0.4, 0.5) is 17.6 Å². The van der Waals surface area contributed by atoms with Gasteiger partial charge in [-0.2, -0.15) is 0 Å². The molecule has 0 heterocycles. The van der Waals surface area contributed by atoms with Gasteiger partial charge >= 0.3 is 0 Å². The van der Waals surface area contributed by atoms with Crippen LogP contribution >= 0.6 is 0 Å². The van der Waals surface area contributed by atoms with Crippen LogP contribution in [0, 0.1) is 70.6 Å². The summed E-state index contributed by atoms with van der Waals surface area (Å²) in [5, 5.41) is 0. The van der Waals surface area contributed by atoms with Crippen molar-refractivity contribution in [2.24, 2.45) is 23.7 Å². The van der Waals surface area contributed by atoms with E-state index in [9.17, 15) is 13.2 Å². The topological polar surface area (TPSA) is 0 Å². The molecule has 684 valence electrons.